The molecule has 0 spiro atoms. The molecular formula is C14H14NSi. The lowest BCUT2D eigenvalue weighted by atomic mass is 10.2. The molecule has 0 amide bonds. The van der Waals surface area contributed by atoms with Crippen molar-refractivity contribution in [3.63, 3.8) is 0 Å². The highest BCUT2D eigenvalue weighted by molar-refractivity contribution is 6.04. The van der Waals surface area contributed by atoms with E-state index < -0.39 is 0 Å². The molecule has 0 saturated heterocycles. The lowest BCUT2D eigenvalue weighted by Gasteiger charge is -2.16. The number of benzene rings is 2. The van der Waals surface area contributed by atoms with Crippen molar-refractivity contribution >= 4 is 10.4 Å². The van der Waals surface area contributed by atoms with E-state index in [4.69, 9.17) is 0 Å². The zero-order valence-corrected chi connectivity index (χ0v) is 10.1. The SMILES string of the molecule is [Si]N(Cc1ccccc1)Cc1ccccc1. The van der Waals surface area contributed by atoms with Crippen LogP contribution in [0, 0.1) is 0 Å². The molecule has 3 radical (unpaired) electrons. The number of nitrogens with zero attached hydrogens (tertiary/aromatic N) is 1. The van der Waals surface area contributed by atoms with Gasteiger partial charge in [-0.3, -0.25) is 0 Å². The lowest BCUT2D eigenvalue weighted by molar-refractivity contribution is 0.443. The lowest BCUT2D eigenvalue weighted by Crippen LogP contribution is -2.18. The van der Waals surface area contributed by atoms with Gasteiger partial charge in [-0.05, 0) is 11.1 Å². The predicted octanol–water partition coefficient (Wildman–Crippen LogP) is 2.77. The van der Waals surface area contributed by atoms with E-state index in [1.165, 1.54) is 11.1 Å². The van der Waals surface area contributed by atoms with Crippen LogP contribution in [0.1, 0.15) is 11.1 Å². The van der Waals surface area contributed by atoms with Gasteiger partial charge in [-0.25, -0.2) is 0 Å². The Bertz CT molecular complexity index is 372. The molecule has 1 nitrogen and oxygen atoms in total. The van der Waals surface area contributed by atoms with Crippen LogP contribution >= 0.6 is 0 Å². The molecule has 16 heavy (non-hydrogen) atoms. The second-order valence-corrected chi connectivity index (χ2v) is 4.46. The average molecular weight is 224 g/mol. The summed E-state index contributed by atoms with van der Waals surface area (Å²) < 4.78 is 2.13. The van der Waals surface area contributed by atoms with E-state index in [0.717, 1.165) is 13.1 Å². The highest BCUT2D eigenvalue weighted by Crippen LogP contribution is 2.06. The highest BCUT2D eigenvalue weighted by Gasteiger charge is 2.00. The molecule has 0 unspecified atom stereocenters. The van der Waals surface area contributed by atoms with Gasteiger partial charge in [0.1, 0.15) is 10.4 Å². The Hall–Kier alpha value is -1.38. The first-order valence-corrected chi connectivity index (χ1v) is 5.83. The standard InChI is InChI=1S/C14H14NSi/c16-15(11-13-7-3-1-4-8-13)12-14-9-5-2-6-10-14/h1-10H,11-12H2. The first-order chi connectivity index (χ1) is 7.84. The van der Waals surface area contributed by atoms with Gasteiger partial charge in [-0.2, -0.15) is 0 Å². The maximum atomic E-state index is 3.64. The molecule has 79 valence electrons. The zero-order chi connectivity index (χ0) is 11.2. The van der Waals surface area contributed by atoms with E-state index in [-0.39, 0.29) is 0 Å². The van der Waals surface area contributed by atoms with E-state index in [1.54, 1.807) is 0 Å². The van der Waals surface area contributed by atoms with Crippen LogP contribution in [0.3, 0.4) is 0 Å². The summed E-state index contributed by atoms with van der Waals surface area (Å²) in [4.78, 5) is 0. The summed E-state index contributed by atoms with van der Waals surface area (Å²) in [6, 6.07) is 20.9. The Balaban J connectivity index is 1.92. The van der Waals surface area contributed by atoms with Gasteiger partial charge in [0.25, 0.3) is 0 Å². The summed E-state index contributed by atoms with van der Waals surface area (Å²) >= 11 is 0. The molecule has 0 aliphatic carbocycles. The monoisotopic (exact) mass is 224 g/mol. The molecule has 2 heteroatoms. The van der Waals surface area contributed by atoms with Gasteiger partial charge in [0.15, 0.2) is 0 Å². The van der Waals surface area contributed by atoms with Crippen LogP contribution in [-0.4, -0.2) is 15.0 Å². The predicted molar refractivity (Wildman–Crippen MR) is 67.9 cm³/mol. The maximum Gasteiger partial charge on any atom is 0.144 e. The fourth-order valence-electron chi connectivity index (χ4n) is 1.66. The highest BCUT2D eigenvalue weighted by atomic mass is 28.2. The molecule has 0 N–H and O–H groups in total. The molecule has 2 rings (SSSR count). The van der Waals surface area contributed by atoms with Crippen LogP contribution in [0.4, 0.5) is 0 Å². The van der Waals surface area contributed by atoms with Crippen LogP contribution in [0.2, 0.25) is 0 Å². The second kappa shape index (κ2) is 5.63. The Kier molecular flexibility index (Phi) is 3.91. The van der Waals surface area contributed by atoms with Crippen molar-refractivity contribution in [1.82, 2.24) is 4.57 Å². The smallest absolute Gasteiger partial charge is 0.144 e. The van der Waals surface area contributed by atoms with Crippen LogP contribution in [-0.2, 0) is 13.1 Å². The van der Waals surface area contributed by atoms with Gasteiger partial charge in [-0.1, -0.05) is 60.7 Å². The van der Waals surface area contributed by atoms with Crippen LogP contribution in [0.15, 0.2) is 60.7 Å². The minimum atomic E-state index is 0.909. The average Bonchev–Trinajstić information content (AvgIpc) is 2.31. The molecule has 0 aliphatic rings. The third kappa shape index (κ3) is 3.33. The van der Waals surface area contributed by atoms with E-state index in [2.05, 4.69) is 63.5 Å². The van der Waals surface area contributed by atoms with Crippen molar-refractivity contribution in [2.75, 3.05) is 0 Å². The molecule has 0 aromatic heterocycles. The van der Waals surface area contributed by atoms with Crippen LogP contribution < -0.4 is 0 Å². The van der Waals surface area contributed by atoms with E-state index >= 15 is 0 Å². The van der Waals surface area contributed by atoms with Crippen molar-refractivity contribution in [2.45, 2.75) is 13.1 Å². The van der Waals surface area contributed by atoms with E-state index in [9.17, 15) is 0 Å². The fraction of sp³-hybridized carbons (Fsp3) is 0.143. The van der Waals surface area contributed by atoms with E-state index in [1.807, 2.05) is 12.1 Å². The van der Waals surface area contributed by atoms with Crippen LogP contribution in [0.5, 0.6) is 0 Å². The molecule has 0 fully saturated rings. The Morgan fingerprint density at radius 1 is 0.688 bits per heavy atom. The minimum Gasteiger partial charge on any atom is -0.319 e. The molecular weight excluding hydrogens is 210 g/mol. The first-order valence-electron chi connectivity index (χ1n) is 5.38. The number of rotatable bonds is 4. The van der Waals surface area contributed by atoms with Crippen molar-refractivity contribution < 1.29 is 0 Å². The fourth-order valence-corrected chi connectivity index (χ4v) is 2.03. The molecule has 0 bridgehead atoms. The van der Waals surface area contributed by atoms with Crippen molar-refractivity contribution in [3.05, 3.63) is 71.8 Å². The Morgan fingerprint density at radius 3 is 1.44 bits per heavy atom. The van der Waals surface area contributed by atoms with Crippen molar-refractivity contribution in [1.29, 1.82) is 0 Å². The minimum absolute atomic E-state index is 0.909. The zero-order valence-electron chi connectivity index (χ0n) is 9.13. The van der Waals surface area contributed by atoms with Gasteiger partial charge in [0, 0.05) is 13.1 Å². The second-order valence-electron chi connectivity index (χ2n) is 3.83. The molecule has 0 aliphatic heterocycles. The largest absolute Gasteiger partial charge is 0.319 e. The number of hydrogen-bond acceptors (Lipinski definition) is 1. The summed E-state index contributed by atoms with van der Waals surface area (Å²) in [6.45, 7) is 1.82. The normalized spacial score (nSPS) is 10.6. The van der Waals surface area contributed by atoms with Gasteiger partial charge in [0.2, 0.25) is 0 Å². The van der Waals surface area contributed by atoms with E-state index in [0.29, 0.717) is 0 Å². The molecule has 0 heterocycles. The van der Waals surface area contributed by atoms with Gasteiger partial charge >= 0.3 is 0 Å². The van der Waals surface area contributed by atoms with Gasteiger partial charge < -0.3 is 4.57 Å². The van der Waals surface area contributed by atoms with Gasteiger partial charge in [-0.15, -0.1) is 0 Å². The first kappa shape index (κ1) is 11.1. The summed E-state index contributed by atoms with van der Waals surface area (Å²) in [5, 5.41) is 0. The third-order valence-corrected chi connectivity index (χ3v) is 2.75. The maximum absolute atomic E-state index is 3.64. The van der Waals surface area contributed by atoms with Gasteiger partial charge in [0.05, 0.1) is 0 Å². The summed E-state index contributed by atoms with van der Waals surface area (Å²) in [6.07, 6.45) is 0. The molecule has 0 saturated carbocycles. The van der Waals surface area contributed by atoms with Crippen molar-refractivity contribution in [2.24, 2.45) is 0 Å². The van der Waals surface area contributed by atoms with Crippen molar-refractivity contribution in [3.8, 4) is 0 Å². The Morgan fingerprint density at radius 2 is 1.06 bits per heavy atom. The van der Waals surface area contributed by atoms with Crippen LogP contribution in [0.25, 0.3) is 0 Å². The Labute approximate surface area is 100 Å². The molecule has 2 aromatic rings. The molecule has 2 aromatic carbocycles. The topological polar surface area (TPSA) is 3.24 Å². The third-order valence-electron chi connectivity index (χ3n) is 2.43. The quantitative estimate of drug-likeness (QED) is 0.722. The molecule has 0 atom stereocenters. The summed E-state index contributed by atoms with van der Waals surface area (Å²) in [5.41, 5.74) is 2.63. The number of hydrogen-bond donors (Lipinski definition) is 0. The summed E-state index contributed by atoms with van der Waals surface area (Å²) in [7, 11) is 3.64. The summed E-state index contributed by atoms with van der Waals surface area (Å²) in [5.74, 6) is 0.